The van der Waals surface area contributed by atoms with Gasteiger partial charge >= 0.3 is 39.5 Å². The Labute approximate surface area is 622 Å². The van der Waals surface area contributed by atoms with Crippen LogP contribution in [0.1, 0.15) is 374 Å². The maximum atomic E-state index is 13.1. The van der Waals surface area contributed by atoms with Gasteiger partial charge in [0.1, 0.15) is 19.3 Å². The molecular formula is C83H150O17P2. The summed E-state index contributed by atoms with van der Waals surface area (Å²) in [6, 6.07) is 0. The molecule has 0 bridgehead atoms. The van der Waals surface area contributed by atoms with Gasteiger partial charge < -0.3 is 33.8 Å². The fraction of sp³-hybridized carbons (Fsp3) is 0.807. The smallest absolute Gasteiger partial charge is 0.462 e. The molecule has 0 saturated carbocycles. The highest BCUT2D eigenvalue weighted by Crippen LogP contribution is 2.45. The predicted molar refractivity (Wildman–Crippen MR) is 418 cm³/mol. The first kappa shape index (κ1) is 98.5. The Hall–Kier alpha value is -3.50. The Morgan fingerprint density at radius 2 is 0.510 bits per heavy atom. The van der Waals surface area contributed by atoms with Crippen molar-refractivity contribution in [1.82, 2.24) is 0 Å². The molecule has 0 fully saturated rings. The number of hydrogen-bond acceptors (Lipinski definition) is 15. The Morgan fingerprint density at radius 1 is 0.284 bits per heavy atom. The molecule has 0 radical (unpaired) electrons. The van der Waals surface area contributed by atoms with Crippen LogP contribution in [0.25, 0.3) is 0 Å². The van der Waals surface area contributed by atoms with Crippen LogP contribution >= 0.6 is 15.6 Å². The summed E-state index contributed by atoms with van der Waals surface area (Å²) in [6.45, 7) is 4.79. The van der Waals surface area contributed by atoms with Gasteiger partial charge in [0, 0.05) is 25.7 Å². The van der Waals surface area contributed by atoms with E-state index in [1.165, 1.54) is 161 Å². The highest BCUT2D eigenvalue weighted by Gasteiger charge is 2.30. The van der Waals surface area contributed by atoms with Crippen LogP contribution in [-0.4, -0.2) is 96.7 Å². The van der Waals surface area contributed by atoms with E-state index < -0.39 is 97.5 Å². The van der Waals surface area contributed by atoms with E-state index in [0.717, 1.165) is 135 Å². The van der Waals surface area contributed by atoms with Crippen LogP contribution in [0.3, 0.4) is 0 Å². The lowest BCUT2D eigenvalue weighted by molar-refractivity contribution is -0.161. The summed E-state index contributed by atoms with van der Waals surface area (Å²) < 4.78 is 68.7. The average molecular weight is 1480 g/mol. The zero-order valence-electron chi connectivity index (χ0n) is 65.0. The van der Waals surface area contributed by atoms with E-state index in [1.54, 1.807) is 0 Å². The van der Waals surface area contributed by atoms with Gasteiger partial charge in [-0.1, -0.05) is 325 Å². The summed E-state index contributed by atoms with van der Waals surface area (Å²) in [4.78, 5) is 73.0. The third-order valence-electron chi connectivity index (χ3n) is 17.7. The highest BCUT2D eigenvalue weighted by molar-refractivity contribution is 7.47. The first-order valence-electron chi connectivity index (χ1n) is 41.2. The molecule has 594 valence electrons. The van der Waals surface area contributed by atoms with Crippen LogP contribution in [0.15, 0.2) is 72.9 Å². The third-order valence-corrected chi connectivity index (χ3v) is 19.6. The standard InChI is InChI=1S/C83H150O17P2/c1-5-9-13-17-21-25-29-33-36-37-38-39-42-45-48-52-56-60-64-68-81(86)94-74-79(100-83(88)70-66-62-58-54-50-46-41-35-31-27-23-19-15-11-7-3)76-98-102(91,92)96-72-77(84)71-95-101(89,90)97-75-78(99-82(87)69-65-61-57-53-49-43-32-28-24-20-16-12-8-4)73-93-80(85)67-63-59-55-51-47-44-40-34-30-26-22-18-14-10-6-2/h9,13,21,25,33,35-36,38-39,41,45,48,77-79,84H,5-8,10-12,14-20,22-24,26-32,34,37,40,42-44,46-47,49-76H2,1-4H3,(H,89,90)(H,91,92)/b13-9-,25-21-,36-33-,39-38-,41-35-,48-45-. The number of esters is 4. The van der Waals surface area contributed by atoms with Crippen molar-refractivity contribution in [2.45, 2.75) is 393 Å². The van der Waals surface area contributed by atoms with Gasteiger partial charge in [-0.05, 0) is 96.3 Å². The second kappa shape index (κ2) is 75.7. The number of phosphoric acid groups is 2. The van der Waals surface area contributed by atoms with Crippen LogP contribution in [0.5, 0.6) is 0 Å². The third kappa shape index (κ3) is 74.8. The minimum Gasteiger partial charge on any atom is -0.462 e. The van der Waals surface area contributed by atoms with E-state index in [4.69, 9.17) is 37.0 Å². The number of carbonyl (C=O) groups excluding carboxylic acids is 4. The summed E-state index contributed by atoms with van der Waals surface area (Å²) in [6.07, 6.45) is 77.3. The van der Waals surface area contributed by atoms with E-state index in [9.17, 15) is 43.2 Å². The number of carbonyl (C=O) groups is 4. The average Bonchev–Trinajstić information content (AvgIpc) is 0.924. The summed E-state index contributed by atoms with van der Waals surface area (Å²) in [5.74, 6) is -2.18. The Kier molecular flexibility index (Phi) is 73.1. The molecule has 0 aliphatic rings. The fourth-order valence-electron chi connectivity index (χ4n) is 11.4. The molecule has 5 unspecified atom stereocenters. The van der Waals surface area contributed by atoms with Crippen LogP contribution in [0.4, 0.5) is 0 Å². The number of ether oxygens (including phenoxy) is 4. The van der Waals surface area contributed by atoms with Gasteiger partial charge in [0.25, 0.3) is 0 Å². The van der Waals surface area contributed by atoms with E-state index in [-0.39, 0.29) is 25.7 Å². The van der Waals surface area contributed by atoms with Crippen molar-refractivity contribution in [2.24, 2.45) is 0 Å². The van der Waals surface area contributed by atoms with Crippen LogP contribution in [0.2, 0.25) is 0 Å². The van der Waals surface area contributed by atoms with Crippen molar-refractivity contribution in [3.63, 3.8) is 0 Å². The van der Waals surface area contributed by atoms with E-state index >= 15 is 0 Å². The highest BCUT2D eigenvalue weighted by atomic mass is 31.2. The molecule has 5 atom stereocenters. The van der Waals surface area contributed by atoms with Crippen molar-refractivity contribution in [3.8, 4) is 0 Å². The second-order valence-electron chi connectivity index (χ2n) is 27.7. The number of aliphatic hydroxyl groups is 1. The van der Waals surface area contributed by atoms with Gasteiger partial charge in [-0.2, -0.15) is 0 Å². The monoisotopic (exact) mass is 1480 g/mol. The molecule has 19 heteroatoms. The number of allylic oxidation sites excluding steroid dienone is 12. The van der Waals surface area contributed by atoms with Gasteiger partial charge in [-0.3, -0.25) is 37.3 Å². The minimum absolute atomic E-state index is 0.0802. The first-order chi connectivity index (χ1) is 49.7. The number of rotatable bonds is 78. The second-order valence-corrected chi connectivity index (χ2v) is 30.6. The lowest BCUT2D eigenvalue weighted by atomic mass is 10.0. The van der Waals surface area contributed by atoms with E-state index in [0.29, 0.717) is 25.7 Å². The zero-order valence-corrected chi connectivity index (χ0v) is 66.8. The molecule has 0 aromatic heterocycles. The van der Waals surface area contributed by atoms with Gasteiger partial charge in [0.15, 0.2) is 12.2 Å². The zero-order chi connectivity index (χ0) is 74.6. The van der Waals surface area contributed by atoms with Gasteiger partial charge in [0.2, 0.25) is 0 Å². The molecule has 0 aromatic rings. The summed E-state index contributed by atoms with van der Waals surface area (Å²) in [7, 11) is -9.95. The molecule has 3 N–H and O–H groups in total. The molecule has 102 heavy (non-hydrogen) atoms. The molecule has 0 rings (SSSR count). The fourth-order valence-corrected chi connectivity index (χ4v) is 13.0. The number of phosphoric ester groups is 2. The van der Waals surface area contributed by atoms with E-state index in [1.807, 2.05) is 0 Å². The minimum atomic E-state index is -4.98. The van der Waals surface area contributed by atoms with Crippen LogP contribution in [-0.2, 0) is 65.4 Å². The van der Waals surface area contributed by atoms with Crippen molar-refractivity contribution in [1.29, 1.82) is 0 Å². The van der Waals surface area contributed by atoms with Crippen LogP contribution in [0, 0.1) is 0 Å². The van der Waals surface area contributed by atoms with Crippen molar-refractivity contribution in [2.75, 3.05) is 39.6 Å². The normalized spacial score (nSPS) is 14.2. The van der Waals surface area contributed by atoms with Gasteiger partial charge in [-0.25, -0.2) is 9.13 Å². The number of hydrogen-bond donors (Lipinski definition) is 3. The molecule has 0 aromatic carbocycles. The summed E-state index contributed by atoms with van der Waals surface area (Å²) >= 11 is 0. The molecule has 0 aliphatic heterocycles. The van der Waals surface area contributed by atoms with Crippen molar-refractivity contribution >= 4 is 39.5 Å². The molecule has 0 saturated heterocycles. The Bertz CT molecular complexity index is 2210. The predicted octanol–water partition coefficient (Wildman–Crippen LogP) is 24.0. The maximum absolute atomic E-state index is 13.1. The van der Waals surface area contributed by atoms with Gasteiger partial charge in [-0.15, -0.1) is 0 Å². The lowest BCUT2D eigenvalue weighted by Crippen LogP contribution is -2.30. The molecule has 0 heterocycles. The molecule has 17 nitrogen and oxygen atoms in total. The van der Waals surface area contributed by atoms with E-state index in [2.05, 4.69) is 101 Å². The lowest BCUT2D eigenvalue weighted by Gasteiger charge is -2.21. The molecule has 0 aliphatic carbocycles. The van der Waals surface area contributed by atoms with Crippen LogP contribution < -0.4 is 0 Å². The molecular weight excluding hydrogens is 1330 g/mol. The molecule has 0 spiro atoms. The Morgan fingerprint density at radius 3 is 0.804 bits per heavy atom. The maximum Gasteiger partial charge on any atom is 0.472 e. The Balaban J connectivity index is 5.35. The SMILES string of the molecule is CC/C=C\C/C=C\C/C=C\C/C=C\C/C=C\CCCCCC(=O)OCC(COP(=O)(O)OCC(O)COP(=O)(O)OCC(COC(=O)CCCCCCCCCCCCCCCCC)OC(=O)CCCCCCCCCCCCCCC)OC(=O)CCCCCCC/C=C\CCCCCCCC. The topological polar surface area (TPSA) is 237 Å². The largest absolute Gasteiger partial charge is 0.472 e. The number of unbranched alkanes of at least 4 members (excludes halogenated alkanes) is 40. The summed E-state index contributed by atoms with van der Waals surface area (Å²) in [5.41, 5.74) is 0. The van der Waals surface area contributed by atoms with Crippen molar-refractivity contribution < 1.29 is 80.2 Å². The van der Waals surface area contributed by atoms with Gasteiger partial charge in [0.05, 0.1) is 26.4 Å². The first-order valence-corrected chi connectivity index (χ1v) is 44.2. The number of aliphatic hydroxyl groups excluding tert-OH is 1. The quantitative estimate of drug-likeness (QED) is 0.0169. The molecule has 0 amide bonds. The van der Waals surface area contributed by atoms with Crippen molar-refractivity contribution in [3.05, 3.63) is 72.9 Å². The summed E-state index contributed by atoms with van der Waals surface area (Å²) in [5, 5.41) is 10.6.